The Hall–Kier alpha value is -2.63. The van der Waals surface area contributed by atoms with Crippen molar-refractivity contribution in [1.82, 2.24) is 4.31 Å². The second-order valence-corrected chi connectivity index (χ2v) is 8.53. The number of morpholine rings is 1. The normalized spacial score (nSPS) is 15.1. The first-order chi connectivity index (χ1) is 14.2. The van der Waals surface area contributed by atoms with Crippen molar-refractivity contribution in [3.05, 3.63) is 53.3 Å². The van der Waals surface area contributed by atoms with Gasteiger partial charge in [0.1, 0.15) is 0 Å². The van der Waals surface area contributed by atoms with E-state index in [1.807, 2.05) is 0 Å². The van der Waals surface area contributed by atoms with Crippen molar-refractivity contribution < 1.29 is 31.1 Å². The van der Waals surface area contributed by atoms with E-state index in [0.29, 0.717) is 18.8 Å². The predicted molar refractivity (Wildman–Crippen MR) is 104 cm³/mol. The summed E-state index contributed by atoms with van der Waals surface area (Å²) in [5.41, 5.74) is 0.370. The average Bonchev–Trinajstić information content (AvgIpc) is 2.73. The van der Waals surface area contributed by atoms with Gasteiger partial charge in [-0.2, -0.15) is 4.31 Å². The fourth-order valence-corrected chi connectivity index (χ4v) is 4.58. The van der Waals surface area contributed by atoms with Gasteiger partial charge in [-0.1, -0.05) is 6.07 Å². The Balaban J connectivity index is 1.70. The molecule has 1 amide bonds. The van der Waals surface area contributed by atoms with Crippen LogP contribution in [0.3, 0.4) is 0 Å². The molecule has 2 aromatic rings. The molecule has 0 aromatic heterocycles. The van der Waals surface area contributed by atoms with Crippen LogP contribution in [0.1, 0.15) is 5.56 Å². The smallest absolute Gasteiger partial charge is 0.243 e. The van der Waals surface area contributed by atoms with Crippen LogP contribution >= 0.6 is 0 Å². The molecule has 0 unspecified atom stereocenters. The molecule has 0 spiro atoms. The number of nitrogens with one attached hydrogen (secondary N) is 2. The first-order valence-electron chi connectivity index (χ1n) is 9.06. The van der Waals surface area contributed by atoms with Crippen LogP contribution in [0.25, 0.3) is 0 Å². The van der Waals surface area contributed by atoms with E-state index < -0.39 is 39.9 Å². The van der Waals surface area contributed by atoms with Crippen LogP contribution in [-0.4, -0.2) is 51.5 Å². The molecule has 11 heteroatoms. The molecule has 3 rings (SSSR count). The Morgan fingerprint density at radius 3 is 2.50 bits per heavy atom. The van der Waals surface area contributed by atoms with Gasteiger partial charge in [0.15, 0.2) is 17.5 Å². The van der Waals surface area contributed by atoms with Crippen molar-refractivity contribution in [2.45, 2.75) is 11.8 Å². The van der Waals surface area contributed by atoms with Gasteiger partial charge in [0.05, 0.1) is 30.3 Å². The number of carbonyl (C=O) groups excluding carboxylic acids is 1. The van der Waals surface area contributed by atoms with Crippen molar-refractivity contribution >= 4 is 27.3 Å². The third-order valence-corrected chi connectivity index (χ3v) is 6.57. The van der Waals surface area contributed by atoms with Gasteiger partial charge in [-0.25, -0.2) is 21.6 Å². The van der Waals surface area contributed by atoms with Gasteiger partial charge in [0.25, 0.3) is 0 Å². The largest absolute Gasteiger partial charge is 0.379 e. The quantitative estimate of drug-likeness (QED) is 0.670. The van der Waals surface area contributed by atoms with Gasteiger partial charge in [-0.15, -0.1) is 0 Å². The molecule has 1 saturated heterocycles. The number of benzene rings is 2. The van der Waals surface area contributed by atoms with Crippen LogP contribution in [0.15, 0.2) is 35.2 Å². The van der Waals surface area contributed by atoms with Crippen LogP contribution in [0.5, 0.6) is 0 Å². The second-order valence-electron chi connectivity index (χ2n) is 6.62. The SMILES string of the molecule is Cc1ccc(NC(=O)CNc2ccc(F)c(F)c2F)cc1S(=O)(=O)N1CCOCC1. The number of aryl methyl sites for hydroxylation is 1. The lowest BCUT2D eigenvalue weighted by atomic mass is 10.2. The predicted octanol–water partition coefficient (Wildman–Crippen LogP) is 2.48. The monoisotopic (exact) mass is 443 g/mol. The highest BCUT2D eigenvalue weighted by molar-refractivity contribution is 7.89. The zero-order valence-corrected chi connectivity index (χ0v) is 16.9. The number of anilines is 2. The van der Waals surface area contributed by atoms with Crippen molar-refractivity contribution in [2.24, 2.45) is 0 Å². The van der Waals surface area contributed by atoms with Crippen molar-refractivity contribution in [2.75, 3.05) is 43.5 Å². The summed E-state index contributed by atoms with van der Waals surface area (Å²) in [6.45, 7) is 2.29. The van der Waals surface area contributed by atoms with E-state index in [0.717, 1.165) is 12.1 Å². The molecule has 2 aromatic carbocycles. The fraction of sp³-hybridized carbons (Fsp3) is 0.316. The van der Waals surface area contributed by atoms with Gasteiger partial charge in [0, 0.05) is 18.8 Å². The molecule has 0 aliphatic carbocycles. The average molecular weight is 443 g/mol. The molecule has 0 atom stereocenters. The summed E-state index contributed by atoms with van der Waals surface area (Å²) >= 11 is 0. The minimum atomic E-state index is -3.76. The minimum absolute atomic E-state index is 0.0572. The molecule has 1 heterocycles. The van der Waals surface area contributed by atoms with E-state index >= 15 is 0 Å². The first-order valence-corrected chi connectivity index (χ1v) is 10.5. The third kappa shape index (κ3) is 4.74. The summed E-state index contributed by atoms with van der Waals surface area (Å²) < 4.78 is 72.2. The van der Waals surface area contributed by atoms with Crippen molar-refractivity contribution in [1.29, 1.82) is 0 Å². The standard InChI is InChI=1S/C19H20F3N3O4S/c1-12-2-3-13(10-16(12)30(27,28)25-6-8-29-9-7-25)24-17(26)11-23-15-5-4-14(20)18(21)19(15)22/h2-5,10,23H,6-9,11H2,1H3,(H,24,26). The maximum atomic E-state index is 13.7. The van der Waals surface area contributed by atoms with E-state index in [1.54, 1.807) is 13.0 Å². The molecule has 0 bridgehead atoms. The van der Waals surface area contributed by atoms with E-state index in [4.69, 9.17) is 4.74 Å². The van der Waals surface area contributed by atoms with Gasteiger partial charge >= 0.3 is 0 Å². The van der Waals surface area contributed by atoms with Gasteiger partial charge in [-0.05, 0) is 36.8 Å². The van der Waals surface area contributed by atoms with Crippen LogP contribution < -0.4 is 10.6 Å². The summed E-state index contributed by atoms with van der Waals surface area (Å²) in [5, 5.41) is 4.88. The topological polar surface area (TPSA) is 87.7 Å². The first kappa shape index (κ1) is 22.1. The number of sulfonamides is 1. The van der Waals surface area contributed by atoms with Crippen molar-refractivity contribution in [3.8, 4) is 0 Å². The minimum Gasteiger partial charge on any atom is -0.379 e. The Morgan fingerprint density at radius 1 is 1.10 bits per heavy atom. The Labute approximate surface area is 171 Å². The molecule has 0 saturated carbocycles. The molecule has 1 fully saturated rings. The van der Waals surface area contributed by atoms with E-state index in [1.165, 1.54) is 16.4 Å². The molecule has 162 valence electrons. The van der Waals surface area contributed by atoms with Crippen LogP contribution in [0, 0.1) is 24.4 Å². The lowest BCUT2D eigenvalue weighted by Crippen LogP contribution is -2.40. The molecule has 1 aliphatic rings. The van der Waals surface area contributed by atoms with Crippen LogP contribution in [-0.2, 0) is 19.6 Å². The van der Waals surface area contributed by atoms with Gasteiger partial charge in [-0.3, -0.25) is 4.79 Å². The second kappa shape index (κ2) is 9.02. The zero-order chi connectivity index (χ0) is 21.9. The van der Waals surface area contributed by atoms with Gasteiger partial charge in [0.2, 0.25) is 15.9 Å². The molecule has 0 radical (unpaired) electrons. The molecule has 30 heavy (non-hydrogen) atoms. The molecular weight excluding hydrogens is 423 g/mol. The summed E-state index contributed by atoms with van der Waals surface area (Å²) in [7, 11) is -3.76. The number of ether oxygens (including phenoxy) is 1. The van der Waals surface area contributed by atoms with E-state index in [9.17, 15) is 26.4 Å². The summed E-state index contributed by atoms with van der Waals surface area (Å²) in [6, 6.07) is 6.15. The van der Waals surface area contributed by atoms with Crippen LogP contribution in [0.4, 0.5) is 24.5 Å². The lowest BCUT2D eigenvalue weighted by Gasteiger charge is -2.26. The fourth-order valence-electron chi connectivity index (χ4n) is 2.92. The number of amides is 1. The Bertz CT molecular complexity index is 1060. The lowest BCUT2D eigenvalue weighted by molar-refractivity contribution is -0.114. The number of hydrogen-bond acceptors (Lipinski definition) is 5. The Morgan fingerprint density at radius 2 is 1.80 bits per heavy atom. The number of rotatable bonds is 6. The molecular formula is C19H20F3N3O4S. The van der Waals surface area contributed by atoms with Crippen molar-refractivity contribution in [3.63, 3.8) is 0 Å². The number of halogens is 3. The summed E-state index contributed by atoms with van der Waals surface area (Å²) in [6.07, 6.45) is 0. The maximum absolute atomic E-state index is 13.7. The third-order valence-electron chi connectivity index (χ3n) is 4.53. The molecule has 7 nitrogen and oxygen atoms in total. The molecule has 1 aliphatic heterocycles. The van der Waals surface area contributed by atoms with E-state index in [-0.39, 0.29) is 29.4 Å². The summed E-state index contributed by atoms with van der Waals surface area (Å²) in [5.74, 6) is -5.04. The van der Waals surface area contributed by atoms with Crippen LogP contribution in [0.2, 0.25) is 0 Å². The molecule has 2 N–H and O–H groups in total. The highest BCUT2D eigenvalue weighted by Gasteiger charge is 2.28. The highest BCUT2D eigenvalue weighted by Crippen LogP contribution is 2.24. The number of carbonyl (C=O) groups is 1. The summed E-state index contributed by atoms with van der Waals surface area (Å²) in [4.78, 5) is 12.2. The maximum Gasteiger partial charge on any atom is 0.243 e. The van der Waals surface area contributed by atoms with Gasteiger partial charge < -0.3 is 15.4 Å². The number of nitrogens with zero attached hydrogens (tertiary/aromatic N) is 1. The highest BCUT2D eigenvalue weighted by atomic mass is 32.2. The number of hydrogen-bond donors (Lipinski definition) is 2. The zero-order valence-electron chi connectivity index (χ0n) is 16.0. The Kier molecular flexibility index (Phi) is 6.64. The van der Waals surface area contributed by atoms with E-state index in [2.05, 4.69) is 10.6 Å².